The van der Waals surface area contributed by atoms with Crippen LogP contribution in [-0.2, 0) is 6.42 Å². The molecule has 1 N–H and O–H groups in total. The van der Waals surface area contributed by atoms with Crippen LogP contribution in [0.1, 0.15) is 33.9 Å². The first kappa shape index (κ1) is 18.8. The zero-order valence-corrected chi connectivity index (χ0v) is 14.7. The Labute approximate surface area is 146 Å². The van der Waals surface area contributed by atoms with Crippen molar-refractivity contribution in [1.29, 1.82) is 0 Å². The van der Waals surface area contributed by atoms with Gasteiger partial charge in [-0.25, -0.2) is 4.98 Å². The molecule has 3 nitrogen and oxygen atoms in total. The number of thioether (sulfide) groups is 1. The molecule has 2 rings (SSSR count). The summed E-state index contributed by atoms with van der Waals surface area (Å²) in [6, 6.07) is 5.42. The van der Waals surface area contributed by atoms with Crippen molar-refractivity contribution in [3.8, 4) is 0 Å². The second-order valence-corrected chi connectivity index (χ2v) is 7.25. The fourth-order valence-corrected chi connectivity index (χ4v) is 3.39. The lowest BCUT2D eigenvalue weighted by Gasteiger charge is -2.07. The molecule has 8 heteroatoms. The first-order valence-corrected chi connectivity index (χ1v) is 9.08. The minimum Gasteiger partial charge on any atom is -0.352 e. The van der Waals surface area contributed by atoms with Crippen molar-refractivity contribution >= 4 is 29.0 Å². The molecule has 0 aliphatic rings. The molecule has 0 atom stereocenters. The topological polar surface area (TPSA) is 42.0 Å². The number of halogens is 3. The van der Waals surface area contributed by atoms with Gasteiger partial charge in [-0.1, -0.05) is 0 Å². The number of benzene rings is 1. The van der Waals surface area contributed by atoms with E-state index in [0.29, 0.717) is 12.1 Å². The molecule has 1 aromatic carbocycles. The molecule has 0 saturated heterocycles. The minimum atomic E-state index is -4.32. The molecule has 2 aromatic rings. The average molecular weight is 374 g/mol. The standard InChI is InChI=1S/C16H17F3N2OS2/c1-11-10-23-14(21-11)4-2-3-9-20-15(22)12-5-7-13(8-6-12)24-16(17,18)19/h5-8,10H,2-4,9H2,1H3,(H,20,22). The number of rotatable bonds is 7. The molecule has 0 bridgehead atoms. The van der Waals surface area contributed by atoms with Gasteiger partial charge in [-0.15, -0.1) is 11.3 Å². The summed E-state index contributed by atoms with van der Waals surface area (Å²) in [6.07, 6.45) is 2.64. The van der Waals surface area contributed by atoms with Gasteiger partial charge in [0.1, 0.15) is 0 Å². The smallest absolute Gasteiger partial charge is 0.352 e. The number of hydrogen-bond donors (Lipinski definition) is 1. The highest BCUT2D eigenvalue weighted by Gasteiger charge is 2.29. The quantitative estimate of drug-likeness (QED) is 0.558. The van der Waals surface area contributed by atoms with Gasteiger partial charge in [0.05, 0.1) is 5.01 Å². The summed E-state index contributed by atoms with van der Waals surface area (Å²) in [5, 5.41) is 5.88. The summed E-state index contributed by atoms with van der Waals surface area (Å²) < 4.78 is 36.7. The van der Waals surface area contributed by atoms with E-state index in [2.05, 4.69) is 10.3 Å². The van der Waals surface area contributed by atoms with Gasteiger partial charge in [-0.2, -0.15) is 13.2 Å². The van der Waals surface area contributed by atoms with Crippen molar-refractivity contribution in [2.24, 2.45) is 0 Å². The zero-order valence-electron chi connectivity index (χ0n) is 13.0. The van der Waals surface area contributed by atoms with Crippen molar-refractivity contribution < 1.29 is 18.0 Å². The lowest BCUT2D eigenvalue weighted by Crippen LogP contribution is -2.24. The highest BCUT2D eigenvalue weighted by molar-refractivity contribution is 8.00. The van der Waals surface area contributed by atoms with Crippen LogP contribution in [-0.4, -0.2) is 22.9 Å². The Morgan fingerprint density at radius 1 is 1.25 bits per heavy atom. The number of carbonyl (C=O) groups is 1. The molecule has 1 heterocycles. The van der Waals surface area contributed by atoms with Crippen LogP contribution in [0.2, 0.25) is 0 Å². The molecule has 0 radical (unpaired) electrons. The molecule has 1 amide bonds. The maximum absolute atomic E-state index is 12.2. The highest BCUT2D eigenvalue weighted by atomic mass is 32.2. The Morgan fingerprint density at radius 3 is 2.54 bits per heavy atom. The Hall–Kier alpha value is -1.54. The van der Waals surface area contributed by atoms with Crippen LogP contribution in [0.3, 0.4) is 0 Å². The van der Waals surface area contributed by atoms with Gasteiger partial charge >= 0.3 is 5.51 Å². The Morgan fingerprint density at radius 2 is 1.96 bits per heavy atom. The van der Waals surface area contributed by atoms with E-state index in [9.17, 15) is 18.0 Å². The minimum absolute atomic E-state index is 0.0674. The normalized spacial score (nSPS) is 11.5. The molecule has 0 aliphatic carbocycles. The van der Waals surface area contributed by atoms with Crippen LogP contribution < -0.4 is 5.32 Å². The molecule has 1 aromatic heterocycles. The fourth-order valence-electron chi connectivity index (χ4n) is 2.03. The summed E-state index contributed by atoms with van der Waals surface area (Å²) in [7, 11) is 0. The fraction of sp³-hybridized carbons (Fsp3) is 0.375. The van der Waals surface area contributed by atoms with E-state index in [4.69, 9.17) is 0 Å². The third-order valence-electron chi connectivity index (χ3n) is 3.12. The lowest BCUT2D eigenvalue weighted by atomic mass is 10.2. The number of aryl methyl sites for hydroxylation is 2. The maximum atomic E-state index is 12.2. The van der Waals surface area contributed by atoms with Gasteiger partial charge in [-0.3, -0.25) is 4.79 Å². The van der Waals surface area contributed by atoms with Crippen LogP contribution in [0.5, 0.6) is 0 Å². The zero-order chi connectivity index (χ0) is 17.6. The van der Waals surface area contributed by atoms with Crippen molar-refractivity contribution in [3.05, 3.63) is 45.9 Å². The molecule has 0 saturated carbocycles. The number of nitrogens with one attached hydrogen (secondary N) is 1. The molecule has 0 unspecified atom stereocenters. The molecular formula is C16H17F3N2OS2. The summed E-state index contributed by atoms with van der Waals surface area (Å²) in [5.41, 5.74) is -2.94. The van der Waals surface area contributed by atoms with E-state index in [1.54, 1.807) is 11.3 Å². The van der Waals surface area contributed by atoms with Gasteiger partial charge in [-0.05, 0) is 62.2 Å². The maximum Gasteiger partial charge on any atom is 0.446 e. The van der Waals surface area contributed by atoms with E-state index >= 15 is 0 Å². The number of alkyl halides is 3. The Kier molecular flexibility index (Phi) is 6.68. The second kappa shape index (κ2) is 8.53. The summed E-state index contributed by atoms with van der Waals surface area (Å²) >= 11 is 1.44. The lowest BCUT2D eigenvalue weighted by molar-refractivity contribution is -0.0328. The van der Waals surface area contributed by atoms with Crippen molar-refractivity contribution in [2.45, 2.75) is 36.6 Å². The molecule has 0 spiro atoms. The number of nitrogens with zero attached hydrogens (tertiary/aromatic N) is 1. The first-order chi connectivity index (χ1) is 11.3. The number of hydrogen-bond acceptors (Lipinski definition) is 4. The Bertz CT molecular complexity index is 669. The van der Waals surface area contributed by atoms with Crippen molar-refractivity contribution in [1.82, 2.24) is 10.3 Å². The van der Waals surface area contributed by atoms with Crippen molar-refractivity contribution in [2.75, 3.05) is 6.54 Å². The predicted molar refractivity (Wildman–Crippen MR) is 90.5 cm³/mol. The number of thiazole rings is 1. The van der Waals surface area contributed by atoms with Gasteiger partial charge in [0.25, 0.3) is 5.91 Å². The average Bonchev–Trinajstić information content (AvgIpc) is 2.91. The van der Waals surface area contributed by atoms with Crippen LogP contribution >= 0.6 is 23.1 Å². The van der Waals surface area contributed by atoms with E-state index in [1.165, 1.54) is 24.3 Å². The number of aromatic nitrogens is 1. The van der Waals surface area contributed by atoms with Crippen LogP contribution in [0.15, 0.2) is 34.5 Å². The van der Waals surface area contributed by atoms with Gasteiger partial charge in [0, 0.05) is 28.1 Å². The number of unbranched alkanes of at least 4 members (excludes halogenated alkanes) is 1. The SMILES string of the molecule is Cc1csc(CCCCNC(=O)c2ccc(SC(F)(F)F)cc2)n1. The molecule has 130 valence electrons. The third-order valence-corrected chi connectivity index (χ3v) is 4.89. The second-order valence-electron chi connectivity index (χ2n) is 5.17. The van der Waals surface area contributed by atoms with E-state index in [0.717, 1.165) is 30.0 Å². The predicted octanol–water partition coefficient (Wildman–Crippen LogP) is 4.82. The van der Waals surface area contributed by atoms with E-state index < -0.39 is 5.51 Å². The van der Waals surface area contributed by atoms with Crippen LogP contribution in [0, 0.1) is 6.92 Å². The first-order valence-electron chi connectivity index (χ1n) is 7.38. The Balaban J connectivity index is 1.70. The molecule has 24 heavy (non-hydrogen) atoms. The number of carbonyl (C=O) groups excluding carboxylic acids is 1. The van der Waals surface area contributed by atoms with Crippen molar-refractivity contribution in [3.63, 3.8) is 0 Å². The molecule has 0 aliphatic heterocycles. The van der Waals surface area contributed by atoms with Crippen LogP contribution in [0.4, 0.5) is 13.2 Å². The molecular weight excluding hydrogens is 357 g/mol. The summed E-state index contributed by atoms with van der Waals surface area (Å²) in [5.74, 6) is -0.274. The monoisotopic (exact) mass is 374 g/mol. The van der Waals surface area contributed by atoms with E-state index in [-0.39, 0.29) is 22.6 Å². The van der Waals surface area contributed by atoms with E-state index in [1.807, 2.05) is 12.3 Å². The summed E-state index contributed by atoms with van der Waals surface area (Å²) in [6.45, 7) is 2.49. The largest absolute Gasteiger partial charge is 0.446 e. The van der Waals surface area contributed by atoms with Gasteiger partial charge < -0.3 is 5.32 Å². The van der Waals surface area contributed by atoms with Gasteiger partial charge in [0.2, 0.25) is 0 Å². The van der Waals surface area contributed by atoms with Crippen LogP contribution in [0.25, 0.3) is 0 Å². The summed E-state index contributed by atoms with van der Waals surface area (Å²) in [4.78, 5) is 16.4. The highest BCUT2D eigenvalue weighted by Crippen LogP contribution is 2.36. The number of amides is 1. The van der Waals surface area contributed by atoms with Gasteiger partial charge in [0.15, 0.2) is 0 Å². The third kappa shape index (κ3) is 6.52. The molecule has 0 fully saturated rings.